The molecule has 1 saturated carbocycles. The second kappa shape index (κ2) is 6.31. The Balaban J connectivity index is 1.47. The van der Waals surface area contributed by atoms with Gasteiger partial charge in [0.05, 0.1) is 6.54 Å². The normalized spacial score (nSPS) is 16.7. The fourth-order valence-corrected chi connectivity index (χ4v) is 3.01. The minimum Gasteiger partial charge on any atom is -0.350 e. The molecule has 0 atom stereocenters. The smallest absolute Gasteiger partial charge is 0.272 e. The van der Waals surface area contributed by atoms with E-state index in [2.05, 4.69) is 10.4 Å². The number of carbonyl (C=O) groups is 2. The van der Waals surface area contributed by atoms with Crippen molar-refractivity contribution in [2.45, 2.75) is 25.9 Å². The molecular formula is C18H19FN4O2. The highest BCUT2D eigenvalue weighted by molar-refractivity contribution is 5.98. The lowest BCUT2D eigenvalue weighted by Gasteiger charge is -2.27. The number of aromatic nitrogens is 2. The first-order valence-corrected chi connectivity index (χ1v) is 8.50. The zero-order chi connectivity index (χ0) is 17.4. The zero-order valence-corrected chi connectivity index (χ0v) is 13.7. The molecule has 2 heterocycles. The van der Waals surface area contributed by atoms with Crippen LogP contribution in [0.25, 0.3) is 0 Å². The van der Waals surface area contributed by atoms with Crippen LogP contribution in [0.4, 0.5) is 4.39 Å². The molecule has 1 N–H and O–H groups in total. The number of halogens is 1. The Bertz CT molecular complexity index is 828. The topological polar surface area (TPSA) is 67.2 Å². The van der Waals surface area contributed by atoms with Crippen LogP contribution < -0.4 is 5.32 Å². The molecule has 1 aromatic heterocycles. The highest BCUT2D eigenvalue weighted by Crippen LogP contribution is 2.27. The Morgan fingerprint density at radius 2 is 2.12 bits per heavy atom. The minimum absolute atomic E-state index is 0.191. The lowest BCUT2D eigenvalue weighted by molar-refractivity contribution is 0.0683. The molecule has 2 aromatic rings. The van der Waals surface area contributed by atoms with E-state index in [0.717, 1.165) is 18.4 Å². The van der Waals surface area contributed by atoms with Crippen LogP contribution >= 0.6 is 0 Å². The molecular weight excluding hydrogens is 323 g/mol. The lowest BCUT2D eigenvalue weighted by atomic mass is 10.2. The van der Waals surface area contributed by atoms with E-state index in [9.17, 15) is 14.0 Å². The molecule has 6 nitrogen and oxygen atoms in total. The number of carbonyl (C=O) groups excluding carboxylic acids is 2. The van der Waals surface area contributed by atoms with Crippen molar-refractivity contribution in [3.63, 3.8) is 0 Å². The maximum absolute atomic E-state index is 13.3. The largest absolute Gasteiger partial charge is 0.350 e. The Morgan fingerprint density at radius 1 is 1.28 bits per heavy atom. The molecule has 130 valence electrons. The molecule has 0 radical (unpaired) electrons. The maximum atomic E-state index is 13.3. The molecule has 0 saturated heterocycles. The van der Waals surface area contributed by atoms with E-state index >= 15 is 0 Å². The molecule has 25 heavy (non-hydrogen) atoms. The van der Waals surface area contributed by atoms with Gasteiger partial charge in [0.2, 0.25) is 0 Å². The third-order valence-electron chi connectivity index (χ3n) is 4.61. The van der Waals surface area contributed by atoms with E-state index in [4.69, 9.17) is 0 Å². The predicted octanol–water partition coefficient (Wildman–Crippen LogP) is 1.82. The molecule has 2 amide bonds. The molecule has 4 rings (SSSR count). The van der Waals surface area contributed by atoms with Crippen molar-refractivity contribution in [2.24, 2.45) is 5.92 Å². The first-order chi connectivity index (χ1) is 12.1. The highest BCUT2D eigenvalue weighted by atomic mass is 19.1. The third kappa shape index (κ3) is 3.40. The standard InChI is InChI=1S/C18H19FN4O2/c19-14-3-1-2-13(8-14)11-22-6-7-23-16(18(22)25)9-15(21-23)17(24)20-10-12-4-5-12/h1-3,8-9,12H,4-7,10-11H2,(H,20,24). The summed E-state index contributed by atoms with van der Waals surface area (Å²) in [6.45, 7) is 2.01. The Labute approximate surface area is 144 Å². The van der Waals surface area contributed by atoms with Crippen molar-refractivity contribution in [3.05, 3.63) is 53.1 Å². The van der Waals surface area contributed by atoms with Crippen molar-refractivity contribution in [2.75, 3.05) is 13.1 Å². The van der Waals surface area contributed by atoms with Gasteiger partial charge in [0.15, 0.2) is 5.69 Å². The van der Waals surface area contributed by atoms with Gasteiger partial charge in [-0.3, -0.25) is 14.3 Å². The van der Waals surface area contributed by atoms with Gasteiger partial charge in [-0.2, -0.15) is 5.10 Å². The molecule has 1 aromatic carbocycles. The number of nitrogens with zero attached hydrogens (tertiary/aromatic N) is 3. The number of rotatable bonds is 5. The highest BCUT2D eigenvalue weighted by Gasteiger charge is 2.28. The molecule has 0 spiro atoms. The zero-order valence-electron chi connectivity index (χ0n) is 13.7. The van der Waals surface area contributed by atoms with E-state index in [1.54, 1.807) is 27.8 Å². The maximum Gasteiger partial charge on any atom is 0.272 e. The third-order valence-corrected chi connectivity index (χ3v) is 4.61. The number of hydrogen-bond acceptors (Lipinski definition) is 3. The summed E-state index contributed by atoms with van der Waals surface area (Å²) in [4.78, 5) is 26.5. The molecule has 1 aliphatic carbocycles. The fourth-order valence-electron chi connectivity index (χ4n) is 3.01. The van der Waals surface area contributed by atoms with Gasteiger partial charge in [0, 0.05) is 25.7 Å². The second-order valence-electron chi connectivity index (χ2n) is 6.65. The van der Waals surface area contributed by atoms with Crippen LogP contribution in [0.2, 0.25) is 0 Å². The molecule has 1 fully saturated rings. The summed E-state index contributed by atoms with van der Waals surface area (Å²) in [5, 5.41) is 7.11. The van der Waals surface area contributed by atoms with Crippen molar-refractivity contribution in [1.82, 2.24) is 20.0 Å². The summed E-state index contributed by atoms with van der Waals surface area (Å²) in [6, 6.07) is 7.77. The fraction of sp³-hybridized carbons (Fsp3) is 0.389. The van der Waals surface area contributed by atoms with Gasteiger partial charge in [-0.15, -0.1) is 0 Å². The summed E-state index contributed by atoms with van der Waals surface area (Å²) in [5.41, 5.74) is 1.42. The second-order valence-corrected chi connectivity index (χ2v) is 6.65. The first kappa shape index (κ1) is 15.8. The van der Waals surface area contributed by atoms with E-state index in [-0.39, 0.29) is 23.3 Å². The van der Waals surface area contributed by atoms with Gasteiger partial charge in [-0.1, -0.05) is 12.1 Å². The van der Waals surface area contributed by atoms with Crippen LogP contribution in [-0.4, -0.2) is 39.6 Å². The van der Waals surface area contributed by atoms with Crippen LogP contribution in [0.3, 0.4) is 0 Å². The van der Waals surface area contributed by atoms with Crippen molar-refractivity contribution < 1.29 is 14.0 Å². The first-order valence-electron chi connectivity index (χ1n) is 8.50. The molecule has 2 aliphatic rings. The van der Waals surface area contributed by atoms with Gasteiger partial charge in [-0.25, -0.2) is 4.39 Å². The van der Waals surface area contributed by atoms with Crippen molar-refractivity contribution in [3.8, 4) is 0 Å². The Morgan fingerprint density at radius 3 is 2.88 bits per heavy atom. The summed E-state index contributed by atoms with van der Waals surface area (Å²) in [6.07, 6.45) is 2.32. The Hall–Kier alpha value is -2.70. The quantitative estimate of drug-likeness (QED) is 0.901. The minimum atomic E-state index is -0.318. The number of benzene rings is 1. The van der Waals surface area contributed by atoms with Gasteiger partial charge in [-0.05, 0) is 36.5 Å². The monoisotopic (exact) mass is 342 g/mol. The molecule has 0 unspecified atom stereocenters. The van der Waals surface area contributed by atoms with Gasteiger partial charge in [0.25, 0.3) is 11.8 Å². The van der Waals surface area contributed by atoms with E-state index in [0.29, 0.717) is 37.8 Å². The van der Waals surface area contributed by atoms with Gasteiger partial charge < -0.3 is 10.2 Å². The van der Waals surface area contributed by atoms with E-state index in [1.807, 2.05) is 0 Å². The molecule has 7 heteroatoms. The van der Waals surface area contributed by atoms with Crippen LogP contribution in [0.5, 0.6) is 0 Å². The lowest BCUT2D eigenvalue weighted by Crippen LogP contribution is -2.39. The van der Waals surface area contributed by atoms with Crippen LogP contribution in [-0.2, 0) is 13.1 Å². The SMILES string of the molecule is O=C(NCC1CC1)c1cc2n(n1)CCN(Cc1cccc(F)c1)C2=O. The van der Waals surface area contributed by atoms with Crippen LogP contribution in [0.15, 0.2) is 30.3 Å². The van der Waals surface area contributed by atoms with Gasteiger partial charge in [0.1, 0.15) is 11.5 Å². The van der Waals surface area contributed by atoms with Crippen molar-refractivity contribution in [1.29, 1.82) is 0 Å². The summed E-state index contributed by atoms with van der Waals surface area (Å²) >= 11 is 0. The van der Waals surface area contributed by atoms with E-state index < -0.39 is 0 Å². The van der Waals surface area contributed by atoms with Crippen LogP contribution in [0.1, 0.15) is 39.4 Å². The molecule has 0 bridgehead atoms. The van der Waals surface area contributed by atoms with Gasteiger partial charge >= 0.3 is 0 Å². The number of hydrogen-bond donors (Lipinski definition) is 1. The number of nitrogens with one attached hydrogen (secondary N) is 1. The average Bonchev–Trinajstić information content (AvgIpc) is 3.32. The Kier molecular flexibility index (Phi) is 3.99. The van der Waals surface area contributed by atoms with E-state index in [1.165, 1.54) is 12.1 Å². The average molecular weight is 342 g/mol. The van der Waals surface area contributed by atoms with Crippen LogP contribution in [0, 0.1) is 11.7 Å². The summed E-state index contributed by atoms with van der Waals surface area (Å²) in [5.74, 6) is -0.159. The van der Waals surface area contributed by atoms with Crippen molar-refractivity contribution >= 4 is 11.8 Å². The predicted molar refractivity (Wildman–Crippen MR) is 88.4 cm³/mol. The number of amides is 2. The summed E-state index contributed by atoms with van der Waals surface area (Å²) < 4.78 is 14.9. The molecule has 1 aliphatic heterocycles. The number of fused-ring (bicyclic) bond motifs is 1. The summed E-state index contributed by atoms with van der Waals surface area (Å²) in [7, 11) is 0.